The molecule has 0 aliphatic carbocycles. The monoisotopic (exact) mass is 194 g/mol. The molecule has 13 heavy (non-hydrogen) atoms. The maximum atomic E-state index is 10.5. The second-order valence-electron chi connectivity index (χ2n) is 2.18. The molecule has 0 unspecified atom stereocenters. The number of carbonyl (C=O) groups is 1. The van der Waals surface area contributed by atoms with E-state index in [2.05, 4.69) is 19.1 Å². The number of alkyl halides is 1. The average molecular weight is 194 g/mol. The van der Waals surface area contributed by atoms with Gasteiger partial charge in [-0.15, -0.1) is 0 Å². The Hall–Kier alpha value is -0.380. The van der Waals surface area contributed by atoms with Crippen LogP contribution in [-0.2, 0) is 4.79 Å². The van der Waals surface area contributed by atoms with Crippen molar-refractivity contribution in [3.8, 4) is 0 Å². The molecule has 0 heterocycles. The fourth-order valence-electron chi connectivity index (χ4n) is 0.534. The Labute approximate surface area is 99.1 Å². The minimum absolute atomic E-state index is 0. The summed E-state index contributed by atoms with van der Waals surface area (Å²) in [4.78, 5) is 8.99. The van der Waals surface area contributed by atoms with E-state index in [1.165, 1.54) is 5.56 Å². The van der Waals surface area contributed by atoms with Gasteiger partial charge in [-0.2, -0.15) is 0 Å². The molecular weight excluding hydrogens is 182 g/mol. The third-order valence-electron chi connectivity index (χ3n) is 1.05. The zero-order valence-electron chi connectivity index (χ0n) is 6.83. The predicted octanol–water partition coefficient (Wildman–Crippen LogP) is 1.39. The first-order chi connectivity index (χ1) is 5.66. The van der Waals surface area contributed by atoms with Gasteiger partial charge in [0, 0.05) is 0 Å². The summed E-state index contributed by atoms with van der Waals surface area (Å²) in [6.07, 6.45) is 0. The third kappa shape index (κ3) is 11.6. The number of carboxylic acid groups (broad SMARTS) is 1. The van der Waals surface area contributed by atoms with E-state index in [9.17, 15) is 4.39 Å². The van der Waals surface area contributed by atoms with Gasteiger partial charge in [-0.25, -0.2) is 9.18 Å². The molecule has 0 atom stereocenters. The standard InChI is InChI=1S/C7H8.C2H3FO2.Na.H/c1-7-5-3-2-4-6-7;3-1-2(4)5;;/h2-6H,1H3;1H2,(H,4,5);;. The van der Waals surface area contributed by atoms with E-state index in [1.54, 1.807) is 0 Å². The average Bonchev–Trinajstić information content (AvgIpc) is 2.07. The van der Waals surface area contributed by atoms with Crippen LogP contribution in [0, 0.1) is 6.92 Å². The Morgan fingerprint density at radius 3 is 1.92 bits per heavy atom. The van der Waals surface area contributed by atoms with Crippen molar-refractivity contribution >= 4 is 35.5 Å². The maximum absolute atomic E-state index is 10.5. The van der Waals surface area contributed by atoms with Crippen LogP contribution in [0.4, 0.5) is 4.39 Å². The molecule has 1 aromatic carbocycles. The van der Waals surface area contributed by atoms with Gasteiger partial charge in [0.25, 0.3) is 0 Å². The fraction of sp³-hybridized carbons (Fsp3) is 0.222. The van der Waals surface area contributed by atoms with Crippen molar-refractivity contribution in [2.45, 2.75) is 6.92 Å². The second-order valence-corrected chi connectivity index (χ2v) is 2.18. The minimum atomic E-state index is -1.41. The van der Waals surface area contributed by atoms with Crippen molar-refractivity contribution in [3.05, 3.63) is 35.9 Å². The molecule has 0 aliphatic rings. The van der Waals surface area contributed by atoms with Crippen LogP contribution in [0.1, 0.15) is 5.56 Å². The van der Waals surface area contributed by atoms with Gasteiger partial charge in [-0.1, -0.05) is 35.9 Å². The number of carboxylic acids is 1. The van der Waals surface area contributed by atoms with Crippen LogP contribution in [0.15, 0.2) is 30.3 Å². The number of hydrogen-bond acceptors (Lipinski definition) is 1. The first kappa shape index (κ1) is 15.1. The summed E-state index contributed by atoms with van der Waals surface area (Å²) in [7, 11) is 0. The SMILES string of the molecule is Cc1ccccc1.O=C(O)CF.[NaH]. The molecular formula is C9H12FNaO2. The Morgan fingerprint density at radius 1 is 1.38 bits per heavy atom. The third-order valence-corrected chi connectivity index (χ3v) is 1.05. The summed E-state index contributed by atoms with van der Waals surface area (Å²) in [5.41, 5.74) is 1.32. The topological polar surface area (TPSA) is 37.3 Å². The van der Waals surface area contributed by atoms with Gasteiger partial charge in [0.1, 0.15) is 0 Å². The summed E-state index contributed by atoms with van der Waals surface area (Å²) < 4.78 is 10.5. The van der Waals surface area contributed by atoms with Gasteiger partial charge in [0.05, 0.1) is 0 Å². The van der Waals surface area contributed by atoms with Crippen LogP contribution >= 0.6 is 0 Å². The number of halogens is 1. The van der Waals surface area contributed by atoms with Crippen LogP contribution in [0.25, 0.3) is 0 Å². The van der Waals surface area contributed by atoms with Crippen molar-refractivity contribution in [3.63, 3.8) is 0 Å². The van der Waals surface area contributed by atoms with Gasteiger partial charge in [0.2, 0.25) is 0 Å². The number of rotatable bonds is 1. The molecule has 1 rings (SSSR count). The van der Waals surface area contributed by atoms with E-state index in [1.807, 2.05) is 18.2 Å². The summed E-state index contributed by atoms with van der Waals surface area (Å²) in [6, 6.07) is 10.3. The van der Waals surface area contributed by atoms with Crippen LogP contribution in [0.5, 0.6) is 0 Å². The van der Waals surface area contributed by atoms with Crippen LogP contribution in [0.3, 0.4) is 0 Å². The molecule has 0 bridgehead atoms. The van der Waals surface area contributed by atoms with Crippen molar-refractivity contribution in [1.82, 2.24) is 0 Å². The van der Waals surface area contributed by atoms with E-state index < -0.39 is 12.6 Å². The number of aryl methyl sites for hydroxylation is 1. The normalized spacial score (nSPS) is 7.54. The Morgan fingerprint density at radius 2 is 1.77 bits per heavy atom. The van der Waals surface area contributed by atoms with Crippen molar-refractivity contribution < 1.29 is 14.3 Å². The molecule has 0 fully saturated rings. The van der Waals surface area contributed by atoms with Crippen molar-refractivity contribution in [2.75, 3.05) is 6.67 Å². The Kier molecular flexibility index (Phi) is 11.3. The predicted molar refractivity (Wildman–Crippen MR) is 51.9 cm³/mol. The van der Waals surface area contributed by atoms with E-state index in [4.69, 9.17) is 9.90 Å². The summed E-state index contributed by atoms with van der Waals surface area (Å²) in [6.45, 7) is 0.806. The van der Waals surface area contributed by atoms with Gasteiger partial charge >= 0.3 is 35.5 Å². The van der Waals surface area contributed by atoms with Crippen molar-refractivity contribution in [1.29, 1.82) is 0 Å². The van der Waals surface area contributed by atoms with Crippen LogP contribution < -0.4 is 0 Å². The second kappa shape index (κ2) is 9.71. The molecule has 0 saturated carbocycles. The van der Waals surface area contributed by atoms with E-state index >= 15 is 0 Å². The molecule has 0 aromatic heterocycles. The molecule has 1 aromatic rings. The van der Waals surface area contributed by atoms with E-state index in [-0.39, 0.29) is 29.6 Å². The molecule has 0 radical (unpaired) electrons. The summed E-state index contributed by atoms with van der Waals surface area (Å²) in [5, 5.41) is 7.35. The van der Waals surface area contributed by atoms with Gasteiger partial charge in [-0.05, 0) is 6.92 Å². The Balaban J connectivity index is 0. The zero-order valence-corrected chi connectivity index (χ0v) is 6.83. The Bertz CT molecular complexity index is 226. The molecule has 0 aliphatic heterocycles. The first-order valence-electron chi connectivity index (χ1n) is 3.46. The molecule has 2 nitrogen and oxygen atoms in total. The van der Waals surface area contributed by atoms with Gasteiger partial charge in [-0.3, -0.25) is 0 Å². The molecule has 68 valence electrons. The number of benzene rings is 1. The number of aliphatic carboxylic acids is 1. The fourth-order valence-corrected chi connectivity index (χ4v) is 0.534. The van der Waals surface area contributed by atoms with Gasteiger partial charge in [0.15, 0.2) is 6.67 Å². The van der Waals surface area contributed by atoms with Gasteiger partial charge < -0.3 is 5.11 Å². The van der Waals surface area contributed by atoms with E-state index in [0.717, 1.165) is 0 Å². The van der Waals surface area contributed by atoms with E-state index in [0.29, 0.717) is 0 Å². The molecule has 0 amide bonds. The zero-order chi connectivity index (χ0) is 9.40. The molecule has 1 N–H and O–H groups in total. The quantitative estimate of drug-likeness (QED) is 0.686. The summed E-state index contributed by atoms with van der Waals surface area (Å²) in [5.74, 6) is -1.41. The number of hydrogen-bond donors (Lipinski definition) is 1. The first-order valence-corrected chi connectivity index (χ1v) is 3.46. The molecule has 0 saturated heterocycles. The molecule has 4 heteroatoms. The van der Waals surface area contributed by atoms with Crippen LogP contribution in [0.2, 0.25) is 0 Å². The summed E-state index contributed by atoms with van der Waals surface area (Å²) >= 11 is 0. The van der Waals surface area contributed by atoms with Crippen molar-refractivity contribution in [2.24, 2.45) is 0 Å². The molecule has 0 spiro atoms. The van der Waals surface area contributed by atoms with Crippen LogP contribution in [-0.4, -0.2) is 47.3 Å².